The lowest BCUT2D eigenvalue weighted by atomic mass is 9.43. The Labute approximate surface area is 172 Å². The summed E-state index contributed by atoms with van der Waals surface area (Å²) in [7, 11) is 0. The van der Waals surface area contributed by atoms with Crippen molar-refractivity contribution in [3.05, 3.63) is 70.8 Å². The summed E-state index contributed by atoms with van der Waals surface area (Å²) >= 11 is 0. The van der Waals surface area contributed by atoms with Crippen LogP contribution in [0.15, 0.2) is 48.5 Å². The Morgan fingerprint density at radius 2 is 1.45 bits per heavy atom. The van der Waals surface area contributed by atoms with Gasteiger partial charge in [-0.1, -0.05) is 42.0 Å². The molecular formula is C26H27NO2. The number of aryl methyl sites for hydroxylation is 1. The fraction of sp³-hybridized carbons (Fsp3) is 0.462. The largest absolute Gasteiger partial charge is 0.274 e. The minimum absolute atomic E-state index is 0.0856. The van der Waals surface area contributed by atoms with Crippen LogP contribution in [0.2, 0.25) is 0 Å². The average Bonchev–Trinajstić information content (AvgIpc) is 2.92. The van der Waals surface area contributed by atoms with Gasteiger partial charge in [-0.3, -0.25) is 14.5 Å². The van der Waals surface area contributed by atoms with Gasteiger partial charge in [-0.2, -0.15) is 0 Å². The molecule has 2 aromatic carbocycles. The van der Waals surface area contributed by atoms with Crippen LogP contribution in [0.3, 0.4) is 0 Å². The second-order valence-electron chi connectivity index (χ2n) is 10.3. The van der Waals surface area contributed by atoms with Crippen molar-refractivity contribution < 1.29 is 9.59 Å². The van der Waals surface area contributed by atoms with Gasteiger partial charge in [0.2, 0.25) is 0 Å². The maximum Gasteiger partial charge on any atom is 0.261 e. The summed E-state index contributed by atoms with van der Waals surface area (Å²) in [6.45, 7) is 2.74. The van der Waals surface area contributed by atoms with Crippen molar-refractivity contribution in [2.75, 3.05) is 6.54 Å². The number of nitrogens with zero attached hydrogens (tertiary/aromatic N) is 1. The molecule has 0 saturated heterocycles. The molecule has 0 radical (unpaired) electrons. The van der Waals surface area contributed by atoms with E-state index in [0.29, 0.717) is 17.7 Å². The third-order valence-electron chi connectivity index (χ3n) is 8.22. The van der Waals surface area contributed by atoms with Crippen LogP contribution in [0, 0.1) is 24.2 Å². The number of rotatable bonds is 3. The highest BCUT2D eigenvalue weighted by atomic mass is 16.2. The molecule has 0 spiro atoms. The summed E-state index contributed by atoms with van der Waals surface area (Å²) in [5.74, 6) is 1.27. The van der Waals surface area contributed by atoms with Crippen LogP contribution in [-0.2, 0) is 5.41 Å². The first-order valence-electron chi connectivity index (χ1n) is 11.0. The lowest BCUT2D eigenvalue weighted by molar-refractivity contribution is -0.0794. The zero-order valence-electron chi connectivity index (χ0n) is 17.0. The smallest absolute Gasteiger partial charge is 0.261 e. The van der Waals surface area contributed by atoms with Gasteiger partial charge in [-0.25, -0.2) is 0 Å². The minimum atomic E-state index is -0.0919. The Hall–Kier alpha value is -2.42. The van der Waals surface area contributed by atoms with Crippen LogP contribution in [0.1, 0.15) is 70.4 Å². The van der Waals surface area contributed by atoms with Crippen molar-refractivity contribution >= 4 is 11.8 Å². The van der Waals surface area contributed by atoms with Crippen LogP contribution in [0.4, 0.5) is 0 Å². The summed E-state index contributed by atoms with van der Waals surface area (Å²) in [4.78, 5) is 27.6. The van der Waals surface area contributed by atoms with Gasteiger partial charge in [0.05, 0.1) is 11.1 Å². The zero-order chi connectivity index (χ0) is 19.8. The molecule has 4 fully saturated rings. The zero-order valence-corrected chi connectivity index (χ0v) is 17.0. The van der Waals surface area contributed by atoms with Crippen molar-refractivity contribution in [1.82, 2.24) is 4.90 Å². The molecule has 0 N–H and O–H groups in total. The Balaban J connectivity index is 1.35. The molecule has 5 aliphatic rings. The summed E-state index contributed by atoms with van der Waals surface area (Å²) in [5.41, 5.74) is 4.26. The van der Waals surface area contributed by atoms with Crippen LogP contribution in [0.5, 0.6) is 0 Å². The van der Waals surface area contributed by atoms with Crippen molar-refractivity contribution in [2.24, 2.45) is 17.3 Å². The molecule has 3 heteroatoms. The lowest BCUT2D eigenvalue weighted by Crippen LogP contribution is -2.57. The number of carbonyl (C=O) groups excluding carboxylic acids is 2. The van der Waals surface area contributed by atoms with E-state index in [2.05, 4.69) is 31.2 Å². The van der Waals surface area contributed by atoms with Crippen LogP contribution in [0.25, 0.3) is 0 Å². The number of imide groups is 1. The SMILES string of the molecule is Cc1ccc(C23CC4CC(CC(CN5C(=O)c6ccccc6C5=O)(C4)C2)C3)cc1. The van der Waals surface area contributed by atoms with E-state index in [9.17, 15) is 9.59 Å². The predicted molar refractivity (Wildman–Crippen MR) is 112 cm³/mol. The van der Waals surface area contributed by atoms with Crippen molar-refractivity contribution in [3.63, 3.8) is 0 Å². The number of fused-ring (bicyclic) bond motifs is 1. The molecule has 1 aliphatic heterocycles. The first kappa shape index (κ1) is 17.4. The molecule has 4 bridgehead atoms. The Morgan fingerprint density at radius 3 is 2.03 bits per heavy atom. The molecule has 3 nitrogen and oxygen atoms in total. The number of hydrogen-bond donors (Lipinski definition) is 0. The van der Waals surface area contributed by atoms with Crippen LogP contribution in [-0.4, -0.2) is 23.3 Å². The fourth-order valence-corrected chi connectivity index (χ4v) is 7.60. The molecule has 4 saturated carbocycles. The van der Waals surface area contributed by atoms with E-state index in [0.717, 1.165) is 18.3 Å². The lowest BCUT2D eigenvalue weighted by Gasteiger charge is -2.63. The van der Waals surface area contributed by atoms with E-state index in [-0.39, 0.29) is 22.6 Å². The summed E-state index contributed by atoms with van der Waals surface area (Å²) < 4.78 is 0. The number of benzene rings is 2. The Bertz CT molecular complexity index is 972. The van der Waals surface area contributed by atoms with E-state index in [1.807, 2.05) is 12.1 Å². The quantitative estimate of drug-likeness (QED) is 0.687. The molecule has 1 heterocycles. The molecule has 2 amide bonds. The molecule has 2 unspecified atom stereocenters. The maximum absolute atomic E-state index is 13.0. The van der Waals surface area contributed by atoms with Crippen molar-refractivity contribution in [2.45, 2.75) is 50.9 Å². The average molecular weight is 386 g/mol. The highest BCUT2D eigenvalue weighted by Crippen LogP contribution is 2.66. The van der Waals surface area contributed by atoms with Gasteiger partial charge >= 0.3 is 0 Å². The Kier molecular flexibility index (Phi) is 3.49. The molecule has 7 rings (SSSR count). The van der Waals surface area contributed by atoms with E-state index in [1.54, 1.807) is 17.0 Å². The second kappa shape index (κ2) is 5.81. The van der Waals surface area contributed by atoms with Crippen LogP contribution >= 0.6 is 0 Å². The van der Waals surface area contributed by atoms with Crippen molar-refractivity contribution in [3.8, 4) is 0 Å². The monoisotopic (exact) mass is 385 g/mol. The molecule has 148 valence electrons. The van der Waals surface area contributed by atoms with Gasteiger partial charge in [0.15, 0.2) is 0 Å². The minimum Gasteiger partial charge on any atom is -0.274 e. The molecule has 29 heavy (non-hydrogen) atoms. The van der Waals surface area contributed by atoms with Gasteiger partial charge in [0.1, 0.15) is 0 Å². The highest BCUT2D eigenvalue weighted by molar-refractivity contribution is 6.21. The van der Waals surface area contributed by atoms with Gasteiger partial charge in [-0.05, 0) is 85.8 Å². The number of amides is 2. The second-order valence-corrected chi connectivity index (χ2v) is 10.3. The normalized spacial score (nSPS) is 34.7. The highest BCUT2D eigenvalue weighted by Gasteiger charge is 2.59. The summed E-state index contributed by atoms with van der Waals surface area (Å²) in [6.07, 6.45) is 7.34. The fourth-order valence-electron chi connectivity index (χ4n) is 7.60. The third-order valence-corrected chi connectivity index (χ3v) is 8.22. The molecule has 2 atom stereocenters. The topological polar surface area (TPSA) is 37.4 Å². The maximum atomic E-state index is 13.0. The number of carbonyl (C=O) groups is 2. The molecule has 2 aromatic rings. The van der Waals surface area contributed by atoms with Gasteiger partial charge in [0.25, 0.3) is 11.8 Å². The standard InChI is InChI=1S/C26H27NO2/c1-17-6-8-20(9-7-17)26-13-18-10-19(14-26)12-25(11-18,15-26)16-27-23(28)21-4-2-3-5-22(21)24(27)29/h2-9,18-19H,10-16H2,1H3. The van der Waals surface area contributed by atoms with E-state index < -0.39 is 0 Å². The van der Waals surface area contributed by atoms with Gasteiger partial charge < -0.3 is 0 Å². The van der Waals surface area contributed by atoms with E-state index >= 15 is 0 Å². The summed E-state index contributed by atoms with van der Waals surface area (Å²) in [6, 6.07) is 16.4. The molecular weight excluding hydrogens is 358 g/mol. The molecule has 0 aromatic heterocycles. The van der Waals surface area contributed by atoms with Crippen molar-refractivity contribution in [1.29, 1.82) is 0 Å². The first-order chi connectivity index (χ1) is 14.0. The Morgan fingerprint density at radius 1 is 0.862 bits per heavy atom. The number of hydrogen-bond acceptors (Lipinski definition) is 2. The first-order valence-corrected chi connectivity index (χ1v) is 11.0. The summed E-state index contributed by atoms with van der Waals surface area (Å²) in [5, 5.41) is 0. The van der Waals surface area contributed by atoms with Gasteiger partial charge in [-0.15, -0.1) is 0 Å². The van der Waals surface area contributed by atoms with E-state index in [1.165, 1.54) is 43.2 Å². The van der Waals surface area contributed by atoms with Gasteiger partial charge in [0, 0.05) is 6.54 Å². The third kappa shape index (κ3) is 2.49. The van der Waals surface area contributed by atoms with E-state index in [4.69, 9.17) is 0 Å². The van der Waals surface area contributed by atoms with Crippen LogP contribution < -0.4 is 0 Å². The predicted octanol–water partition coefficient (Wildman–Crippen LogP) is 5.13. The molecule has 4 aliphatic carbocycles.